The number of ether oxygens (including phenoxy) is 1. The van der Waals surface area contributed by atoms with Crippen molar-refractivity contribution in [3.05, 3.63) is 54.2 Å². The highest BCUT2D eigenvalue weighted by atomic mass is 32.2. The lowest BCUT2D eigenvalue weighted by atomic mass is 9.93. The van der Waals surface area contributed by atoms with Crippen LogP contribution in [0.3, 0.4) is 0 Å². The van der Waals surface area contributed by atoms with E-state index in [1.165, 1.54) is 18.2 Å². The quantitative estimate of drug-likeness (QED) is 0.548. The first-order chi connectivity index (χ1) is 13.2. The van der Waals surface area contributed by atoms with Crippen molar-refractivity contribution in [3.8, 4) is 0 Å². The van der Waals surface area contributed by atoms with E-state index in [0.29, 0.717) is 10.6 Å². The fourth-order valence-electron chi connectivity index (χ4n) is 3.47. The van der Waals surface area contributed by atoms with Crippen LogP contribution in [0.5, 0.6) is 0 Å². The fourth-order valence-corrected chi connectivity index (χ4v) is 4.01. The summed E-state index contributed by atoms with van der Waals surface area (Å²) in [7, 11) is 0. The monoisotopic (exact) mass is 384 g/mol. The first kappa shape index (κ1) is 19.4. The molecule has 2 aromatic rings. The molecule has 1 aliphatic carbocycles. The maximum atomic E-state index is 13.0. The largest absolute Gasteiger partial charge is 0.452 e. The number of hydrogen-bond acceptors (Lipinski definition) is 5. The van der Waals surface area contributed by atoms with Crippen LogP contribution in [0.4, 0.5) is 5.69 Å². The molecule has 1 fully saturated rings. The van der Waals surface area contributed by atoms with Gasteiger partial charge in [0.1, 0.15) is 5.03 Å². The molecule has 1 heterocycles. The zero-order valence-electron chi connectivity index (χ0n) is 15.5. The molecule has 1 amide bonds. The van der Waals surface area contributed by atoms with Crippen molar-refractivity contribution >= 4 is 29.3 Å². The average Bonchev–Trinajstić information content (AvgIpc) is 2.73. The number of anilines is 1. The van der Waals surface area contributed by atoms with Gasteiger partial charge in [0, 0.05) is 17.9 Å². The fraction of sp³-hybridized carbons (Fsp3) is 0.381. The molecule has 0 atom stereocenters. The molecule has 0 saturated heterocycles. The van der Waals surface area contributed by atoms with Gasteiger partial charge in [-0.1, -0.05) is 37.5 Å². The number of nitrogens with zero attached hydrogens (tertiary/aromatic N) is 2. The SMILES string of the molecule is CSc1ncccc1C(=O)OCC(=O)N(c1ccccc1)C1CCCCC1. The van der Waals surface area contributed by atoms with Crippen LogP contribution in [-0.4, -0.2) is 35.8 Å². The number of para-hydroxylation sites is 1. The molecule has 0 N–H and O–H groups in total. The van der Waals surface area contributed by atoms with Crippen LogP contribution in [0.2, 0.25) is 0 Å². The van der Waals surface area contributed by atoms with E-state index in [2.05, 4.69) is 4.98 Å². The molecule has 0 radical (unpaired) electrons. The maximum absolute atomic E-state index is 13.0. The summed E-state index contributed by atoms with van der Waals surface area (Å²) in [4.78, 5) is 31.4. The van der Waals surface area contributed by atoms with Crippen LogP contribution >= 0.6 is 11.8 Å². The second-order valence-corrected chi connectivity index (χ2v) is 7.32. The van der Waals surface area contributed by atoms with E-state index in [1.807, 2.05) is 41.5 Å². The zero-order chi connectivity index (χ0) is 19.1. The second-order valence-electron chi connectivity index (χ2n) is 6.53. The maximum Gasteiger partial charge on any atom is 0.341 e. The Hall–Kier alpha value is -2.34. The Bertz CT molecular complexity index is 776. The Labute approximate surface area is 164 Å². The van der Waals surface area contributed by atoms with Crippen molar-refractivity contribution in [1.82, 2.24) is 4.98 Å². The first-order valence-electron chi connectivity index (χ1n) is 9.24. The minimum absolute atomic E-state index is 0.160. The number of esters is 1. The lowest BCUT2D eigenvalue weighted by molar-refractivity contribution is -0.122. The number of pyridine rings is 1. The minimum Gasteiger partial charge on any atom is -0.452 e. The number of benzene rings is 1. The van der Waals surface area contributed by atoms with E-state index in [-0.39, 0.29) is 18.6 Å². The number of carbonyl (C=O) groups excluding carboxylic acids is 2. The molecule has 0 bridgehead atoms. The minimum atomic E-state index is -0.516. The number of amides is 1. The summed E-state index contributed by atoms with van der Waals surface area (Å²) >= 11 is 1.38. The topological polar surface area (TPSA) is 59.5 Å². The van der Waals surface area contributed by atoms with Gasteiger partial charge in [-0.05, 0) is 43.4 Å². The van der Waals surface area contributed by atoms with Gasteiger partial charge in [0.2, 0.25) is 0 Å². The van der Waals surface area contributed by atoms with Crippen molar-refractivity contribution in [2.45, 2.75) is 43.2 Å². The van der Waals surface area contributed by atoms with Crippen LogP contribution in [0.15, 0.2) is 53.7 Å². The van der Waals surface area contributed by atoms with Gasteiger partial charge in [0.05, 0.1) is 5.56 Å². The molecule has 1 aliphatic rings. The molecule has 0 aliphatic heterocycles. The van der Waals surface area contributed by atoms with E-state index in [1.54, 1.807) is 18.3 Å². The first-order valence-corrected chi connectivity index (χ1v) is 10.5. The Morgan fingerprint density at radius 2 is 1.85 bits per heavy atom. The van der Waals surface area contributed by atoms with E-state index in [9.17, 15) is 9.59 Å². The molecule has 6 heteroatoms. The lowest BCUT2D eigenvalue weighted by Gasteiger charge is -2.34. The molecule has 142 valence electrons. The third-order valence-corrected chi connectivity index (χ3v) is 5.47. The molecule has 27 heavy (non-hydrogen) atoms. The lowest BCUT2D eigenvalue weighted by Crippen LogP contribution is -2.43. The predicted molar refractivity (Wildman–Crippen MR) is 107 cm³/mol. The highest BCUT2D eigenvalue weighted by Crippen LogP contribution is 2.27. The molecule has 0 unspecified atom stereocenters. The van der Waals surface area contributed by atoms with Crippen molar-refractivity contribution in [3.63, 3.8) is 0 Å². The van der Waals surface area contributed by atoms with E-state index < -0.39 is 5.97 Å². The third-order valence-electron chi connectivity index (χ3n) is 4.75. The van der Waals surface area contributed by atoms with Gasteiger partial charge < -0.3 is 9.64 Å². The standard InChI is InChI=1S/C21H24N2O3S/c1-27-20-18(13-8-14-22-20)21(25)26-15-19(24)23(16-9-4-2-5-10-16)17-11-6-3-7-12-17/h2,4-5,8-10,13-14,17H,3,6-7,11-12,15H2,1H3. The number of rotatable bonds is 6. The Morgan fingerprint density at radius 1 is 1.11 bits per heavy atom. The average molecular weight is 385 g/mol. The number of aromatic nitrogens is 1. The van der Waals surface area contributed by atoms with Crippen molar-refractivity contribution < 1.29 is 14.3 Å². The predicted octanol–water partition coefficient (Wildman–Crippen LogP) is 4.33. The van der Waals surface area contributed by atoms with Gasteiger partial charge in [-0.15, -0.1) is 11.8 Å². The van der Waals surface area contributed by atoms with Gasteiger partial charge in [0.25, 0.3) is 5.91 Å². The van der Waals surface area contributed by atoms with Crippen LogP contribution in [-0.2, 0) is 9.53 Å². The summed E-state index contributed by atoms with van der Waals surface area (Å²) in [6.45, 7) is -0.271. The van der Waals surface area contributed by atoms with Gasteiger partial charge >= 0.3 is 5.97 Å². The van der Waals surface area contributed by atoms with Crippen LogP contribution < -0.4 is 4.90 Å². The summed E-state index contributed by atoms with van der Waals surface area (Å²) in [5.74, 6) is -0.700. The van der Waals surface area contributed by atoms with Gasteiger partial charge in [0.15, 0.2) is 6.61 Å². The molecule has 3 rings (SSSR count). The molecular formula is C21H24N2O3S. The molecule has 1 saturated carbocycles. The van der Waals surface area contributed by atoms with Gasteiger partial charge in [-0.25, -0.2) is 9.78 Å². The number of carbonyl (C=O) groups is 2. The molecule has 1 aromatic carbocycles. The number of hydrogen-bond donors (Lipinski definition) is 0. The van der Waals surface area contributed by atoms with Crippen molar-refractivity contribution in [1.29, 1.82) is 0 Å². The van der Waals surface area contributed by atoms with E-state index in [0.717, 1.165) is 31.4 Å². The summed E-state index contributed by atoms with van der Waals surface area (Å²) in [5, 5.41) is 0.599. The second kappa shape index (κ2) is 9.55. The zero-order valence-corrected chi connectivity index (χ0v) is 16.3. The van der Waals surface area contributed by atoms with Gasteiger partial charge in [-0.3, -0.25) is 4.79 Å². The number of thioether (sulfide) groups is 1. The summed E-state index contributed by atoms with van der Waals surface area (Å²) in [6, 6.07) is 13.2. The smallest absolute Gasteiger partial charge is 0.341 e. The molecular weight excluding hydrogens is 360 g/mol. The summed E-state index contributed by atoms with van der Waals surface area (Å²) in [5.41, 5.74) is 1.25. The van der Waals surface area contributed by atoms with Gasteiger partial charge in [-0.2, -0.15) is 0 Å². The van der Waals surface area contributed by atoms with Crippen LogP contribution in [0.1, 0.15) is 42.5 Å². The highest BCUT2D eigenvalue weighted by Gasteiger charge is 2.27. The Kier molecular flexibility index (Phi) is 6.87. The third kappa shape index (κ3) is 4.89. The van der Waals surface area contributed by atoms with Crippen molar-refractivity contribution in [2.75, 3.05) is 17.8 Å². The molecule has 5 nitrogen and oxygen atoms in total. The Balaban J connectivity index is 1.72. The normalized spacial score (nSPS) is 14.6. The van der Waals surface area contributed by atoms with Crippen molar-refractivity contribution in [2.24, 2.45) is 0 Å². The Morgan fingerprint density at radius 3 is 2.56 bits per heavy atom. The van der Waals surface area contributed by atoms with Crippen LogP contribution in [0.25, 0.3) is 0 Å². The van der Waals surface area contributed by atoms with E-state index >= 15 is 0 Å². The molecule has 1 aromatic heterocycles. The van der Waals surface area contributed by atoms with E-state index in [4.69, 9.17) is 4.74 Å². The summed E-state index contributed by atoms with van der Waals surface area (Å²) < 4.78 is 5.34. The molecule has 0 spiro atoms. The summed E-state index contributed by atoms with van der Waals surface area (Å²) in [6.07, 6.45) is 8.89. The highest BCUT2D eigenvalue weighted by molar-refractivity contribution is 7.98. The van der Waals surface area contributed by atoms with Crippen LogP contribution in [0, 0.1) is 0 Å².